The summed E-state index contributed by atoms with van der Waals surface area (Å²) in [5.41, 5.74) is 0.710. The molecule has 0 unspecified atom stereocenters. The first kappa shape index (κ1) is 16.6. The predicted octanol–water partition coefficient (Wildman–Crippen LogP) is 2.30. The second-order valence-corrected chi connectivity index (χ2v) is 5.13. The second kappa shape index (κ2) is 7.97. The first-order chi connectivity index (χ1) is 9.43. The Morgan fingerprint density at radius 2 is 2.00 bits per heavy atom. The van der Waals surface area contributed by atoms with E-state index in [1.165, 1.54) is 18.2 Å². The molecular weight excluding hydrogens is 259 g/mol. The largest absolute Gasteiger partial charge is 0.478 e. The first-order valence-electron chi connectivity index (χ1n) is 6.82. The molecule has 1 aromatic carbocycles. The molecule has 0 aliphatic heterocycles. The van der Waals surface area contributed by atoms with Crippen LogP contribution in [-0.4, -0.2) is 54.6 Å². The van der Waals surface area contributed by atoms with Crippen molar-refractivity contribution in [2.45, 2.75) is 19.9 Å². The number of hydrogen-bond donors (Lipinski definition) is 1. The lowest BCUT2D eigenvalue weighted by Gasteiger charge is -2.22. The molecule has 0 spiro atoms. The van der Waals surface area contributed by atoms with Gasteiger partial charge in [0.25, 0.3) is 0 Å². The molecule has 0 bridgehead atoms. The van der Waals surface area contributed by atoms with E-state index in [1.807, 2.05) is 21.0 Å². The van der Waals surface area contributed by atoms with E-state index in [0.29, 0.717) is 12.1 Å². The molecule has 1 N–H and O–H groups in total. The summed E-state index contributed by atoms with van der Waals surface area (Å²) in [6, 6.07) is 3.84. The van der Waals surface area contributed by atoms with Gasteiger partial charge in [0.2, 0.25) is 0 Å². The molecule has 0 atom stereocenters. The van der Waals surface area contributed by atoms with Gasteiger partial charge in [0.1, 0.15) is 5.82 Å². The van der Waals surface area contributed by atoms with Crippen LogP contribution < -0.4 is 0 Å². The number of carboxylic acids is 1. The maximum atomic E-state index is 13.3. The molecular formula is C15H23FN2O2. The van der Waals surface area contributed by atoms with Gasteiger partial charge in [0, 0.05) is 6.54 Å². The average molecular weight is 282 g/mol. The van der Waals surface area contributed by atoms with E-state index < -0.39 is 11.8 Å². The number of aromatic carboxylic acids is 1. The predicted molar refractivity (Wildman–Crippen MR) is 77.5 cm³/mol. The highest BCUT2D eigenvalue weighted by atomic mass is 19.1. The molecule has 1 rings (SSSR count). The second-order valence-electron chi connectivity index (χ2n) is 5.13. The molecule has 1 aromatic rings. The molecule has 0 aliphatic rings. The van der Waals surface area contributed by atoms with Crippen LogP contribution in [0.2, 0.25) is 0 Å². The molecule has 0 saturated carbocycles. The van der Waals surface area contributed by atoms with Crippen molar-refractivity contribution in [2.24, 2.45) is 0 Å². The monoisotopic (exact) mass is 282 g/mol. The van der Waals surface area contributed by atoms with Gasteiger partial charge in [-0.3, -0.25) is 4.90 Å². The van der Waals surface area contributed by atoms with Crippen LogP contribution in [-0.2, 0) is 6.54 Å². The van der Waals surface area contributed by atoms with Gasteiger partial charge in [-0.2, -0.15) is 0 Å². The van der Waals surface area contributed by atoms with Crippen LogP contribution >= 0.6 is 0 Å². The van der Waals surface area contributed by atoms with Crippen molar-refractivity contribution in [3.8, 4) is 0 Å². The minimum absolute atomic E-state index is 0.178. The third-order valence-electron chi connectivity index (χ3n) is 3.22. The molecule has 0 aliphatic carbocycles. The zero-order valence-corrected chi connectivity index (χ0v) is 12.4. The minimum Gasteiger partial charge on any atom is -0.478 e. The van der Waals surface area contributed by atoms with Crippen molar-refractivity contribution in [1.82, 2.24) is 9.80 Å². The van der Waals surface area contributed by atoms with Gasteiger partial charge in [-0.05, 0) is 63.9 Å². The van der Waals surface area contributed by atoms with E-state index in [4.69, 9.17) is 5.11 Å². The Bertz CT molecular complexity index is 449. The standard InChI is InChI=1S/C15H23FN2O2/c1-4-18(9-5-8-17(2)3)11-12-10-13(16)6-7-14(12)15(19)20/h6-7,10H,4-5,8-9,11H2,1-3H3,(H,19,20). The SMILES string of the molecule is CCN(CCCN(C)C)Cc1cc(F)ccc1C(=O)O. The fourth-order valence-electron chi connectivity index (χ4n) is 2.10. The number of carboxylic acid groups (broad SMARTS) is 1. The fraction of sp³-hybridized carbons (Fsp3) is 0.533. The van der Waals surface area contributed by atoms with Gasteiger partial charge in [-0.1, -0.05) is 6.92 Å². The van der Waals surface area contributed by atoms with Crippen LogP contribution in [0.5, 0.6) is 0 Å². The van der Waals surface area contributed by atoms with Crippen LogP contribution in [0, 0.1) is 5.82 Å². The zero-order chi connectivity index (χ0) is 15.1. The highest BCUT2D eigenvalue weighted by Crippen LogP contribution is 2.14. The van der Waals surface area contributed by atoms with Crippen LogP contribution in [0.4, 0.5) is 4.39 Å². The first-order valence-corrected chi connectivity index (χ1v) is 6.82. The Labute approximate surface area is 119 Å². The lowest BCUT2D eigenvalue weighted by Crippen LogP contribution is -2.27. The van der Waals surface area contributed by atoms with Crippen molar-refractivity contribution in [3.63, 3.8) is 0 Å². The van der Waals surface area contributed by atoms with Crippen LogP contribution in [0.25, 0.3) is 0 Å². The van der Waals surface area contributed by atoms with Gasteiger partial charge in [-0.25, -0.2) is 9.18 Å². The maximum absolute atomic E-state index is 13.3. The third kappa shape index (κ3) is 5.27. The summed E-state index contributed by atoms with van der Waals surface area (Å²) in [6.07, 6.45) is 0.999. The van der Waals surface area contributed by atoms with Crippen molar-refractivity contribution in [3.05, 3.63) is 35.1 Å². The van der Waals surface area contributed by atoms with Crippen molar-refractivity contribution < 1.29 is 14.3 Å². The van der Waals surface area contributed by atoms with E-state index in [1.54, 1.807) is 0 Å². The van der Waals surface area contributed by atoms with Crippen LogP contribution in [0.15, 0.2) is 18.2 Å². The van der Waals surface area contributed by atoms with Gasteiger partial charge in [-0.15, -0.1) is 0 Å². The highest BCUT2D eigenvalue weighted by molar-refractivity contribution is 5.89. The molecule has 0 fully saturated rings. The van der Waals surface area contributed by atoms with Crippen LogP contribution in [0.1, 0.15) is 29.3 Å². The Hall–Kier alpha value is -1.46. The summed E-state index contributed by atoms with van der Waals surface area (Å²) in [5.74, 6) is -1.40. The number of rotatable bonds is 8. The Balaban J connectivity index is 2.73. The normalized spacial score (nSPS) is 11.3. The Morgan fingerprint density at radius 1 is 1.30 bits per heavy atom. The molecule has 112 valence electrons. The van der Waals surface area contributed by atoms with Gasteiger partial charge in [0.15, 0.2) is 0 Å². The topological polar surface area (TPSA) is 43.8 Å². The van der Waals surface area contributed by atoms with Gasteiger partial charge >= 0.3 is 5.97 Å². The Morgan fingerprint density at radius 3 is 2.55 bits per heavy atom. The van der Waals surface area contributed by atoms with Crippen molar-refractivity contribution in [2.75, 3.05) is 33.7 Å². The number of benzene rings is 1. The lowest BCUT2D eigenvalue weighted by molar-refractivity contribution is 0.0694. The van der Waals surface area contributed by atoms with Crippen molar-refractivity contribution >= 4 is 5.97 Å². The summed E-state index contributed by atoms with van der Waals surface area (Å²) in [6.45, 7) is 5.14. The molecule has 0 radical (unpaired) electrons. The molecule has 0 amide bonds. The van der Waals surface area contributed by atoms with E-state index in [2.05, 4.69) is 9.80 Å². The summed E-state index contributed by atoms with van der Waals surface area (Å²) < 4.78 is 13.3. The molecule has 20 heavy (non-hydrogen) atoms. The summed E-state index contributed by atoms with van der Waals surface area (Å²) in [5, 5.41) is 9.14. The number of carbonyl (C=O) groups is 1. The van der Waals surface area contributed by atoms with Gasteiger partial charge in [0.05, 0.1) is 5.56 Å². The smallest absolute Gasteiger partial charge is 0.336 e. The summed E-state index contributed by atoms with van der Waals surface area (Å²) in [7, 11) is 4.04. The zero-order valence-electron chi connectivity index (χ0n) is 12.4. The summed E-state index contributed by atoms with van der Waals surface area (Å²) >= 11 is 0. The van der Waals surface area contributed by atoms with Crippen LogP contribution in [0.3, 0.4) is 0 Å². The molecule has 5 heteroatoms. The van der Waals surface area contributed by atoms with E-state index >= 15 is 0 Å². The number of hydrogen-bond acceptors (Lipinski definition) is 3. The number of halogens is 1. The maximum Gasteiger partial charge on any atom is 0.336 e. The quantitative estimate of drug-likeness (QED) is 0.794. The highest BCUT2D eigenvalue weighted by Gasteiger charge is 2.13. The van der Waals surface area contributed by atoms with E-state index in [9.17, 15) is 9.18 Å². The van der Waals surface area contributed by atoms with Crippen molar-refractivity contribution in [1.29, 1.82) is 0 Å². The molecule has 4 nitrogen and oxygen atoms in total. The third-order valence-corrected chi connectivity index (χ3v) is 3.22. The fourth-order valence-corrected chi connectivity index (χ4v) is 2.10. The Kier molecular flexibility index (Phi) is 6.61. The number of nitrogens with zero attached hydrogens (tertiary/aromatic N) is 2. The van der Waals surface area contributed by atoms with E-state index in [-0.39, 0.29) is 5.56 Å². The molecule has 0 saturated heterocycles. The van der Waals surface area contributed by atoms with E-state index in [0.717, 1.165) is 26.1 Å². The van der Waals surface area contributed by atoms with Gasteiger partial charge < -0.3 is 10.0 Å². The molecule has 0 aromatic heterocycles. The lowest BCUT2D eigenvalue weighted by atomic mass is 10.1. The average Bonchev–Trinajstić information content (AvgIpc) is 2.36. The minimum atomic E-state index is -1.01. The summed E-state index contributed by atoms with van der Waals surface area (Å²) in [4.78, 5) is 15.4. The molecule has 0 heterocycles.